The van der Waals surface area contributed by atoms with Gasteiger partial charge >= 0.3 is 0 Å². The molecule has 0 aliphatic heterocycles. The monoisotopic (exact) mass is 236 g/mol. The van der Waals surface area contributed by atoms with Crippen LogP contribution in [0.3, 0.4) is 0 Å². The number of aliphatic hydroxyl groups is 1. The standard InChI is InChI=1S/C13H13ClO2/c1-16-13-8-9-2-3-12(14)7-11(9)6-10(13)4-5-15/h2-3,6-8,15H,4-5H2,1H3. The van der Waals surface area contributed by atoms with Gasteiger partial charge in [0.15, 0.2) is 0 Å². The molecule has 2 rings (SSSR count). The minimum atomic E-state index is 0.114. The van der Waals surface area contributed by atoms with E-state index in [1.54, 1.807) is 7.11 Å². The van der Waals surface area contributed by atoms with Crippen LogP contribution in [0.15, 0.2) is 30.3 Å². The van der Waals surface area contributed by atoms with Crippen molar-refractivity contribution in [2.75, 3.05) is 13.7 Å². The number of benzene rings is 2. The Morgan fingerprint density at radius 1 is 1.19 bits per heavy atom. The predicted octanol–water partition coefficient (Wildman–Crippen LogP) is 3.04. The van der Waals surface area contributed by atoms with Crippen LogP contribution in [-0.2, 0) is 6.42 Å². The van der Waals surface area contributed by atoms with E-state index in [0.717, 1.165) is 22.1 Å². The van der Waals surface area contributed by atoms with E-state index in [1.165, 1.54) is 0 Å². The van der Waals surface area contributed by atoms with Crippen LogP contribution in [0.5, 0.6) is 5.75 Å². The number of ether oxygens (including phenoxy) is 1. The minimum absolute atomic E-state index is 0.114. The molecule has 84 valence electrons. The van der Waals surface area contributed by atoms with Gasteiger partial charge in [0.25, 0.3) is 0 Å². The van der Waals surface area contributed by atoms with Gasteiger partial charge in [-0.05, 0) is 47.0 Å². The lowest BCUT2D eigenvalue weighted by atomic mass is 10.0. The quantitative estimate of drug-likeness (QED) is 0.888. The van der Waals surface area contributed by atoms with E-state index in [9.17, 15) is 0 Å². The van der Waals surface area contributed by atoms with Gasteiger partial charge in [0.05, 0.1) is 7.11 Å². The van der Waals surface area contributed by atoms with Crippen LogP contribution in [0.4, 0.5) is 0 Å². The summed E-state index contributed by atoms with van der Waals surface area (Å²) in [4.78, 5) is 0. The summed E-state index contributed by atoms with van der Waals surface area (Å²) in [5, 5.41) is 11.9. The first-order valence-electron chi connectivity index (χ1n) is 5.11. The second kappa shape index (κ2) is 4.73. The van der Waals surface area contributed by atoms with Gasteiger partial charge in [-0.2, -0.15) is 0 Å². The molecule has 0 bridgehead atoms. The number of hydrogen-bond acceptors (Lipinski definition) is 2. The van der Waals surface area contributed by atoms with Crippen molar-refractivity contribution in [1.29, 1.82) is 0 Å². The fraction of sp³-hybridized carbons (Fsp3) is 0.231. The minimum Gasteiger partial charge on any atom is -0.496 e. The number of halogens is 1. The predicted molar refractivity (Wildman–Crippen MR) is 66.3 cm³/mol. The van der Waals surface area contributed by atoms with Gasteiger partial charge in [0.1, 0.15) is 5.75 Å². The van der Waals surface area contributed by atoms with Crippen LogP contribution >= 0.6 is 11.6 Å². The molecular weight excluding hydrogens is 224 g/mol. The number of rotatable bonds is 3. The lowest BCUT2D eigenvalue weighted by molar-refractivity contribution is 0.297. The lowest BCUT2D eigenvalue weighted by Crippen LogP contribution is -1.95. The summed E-state index contributed by atoms with van der Waals surface area (Å²) in [5.74, 6) is 0.809. The van der Waals surface area contributed by atoms with Gasteiger partial charge in [0.2, 0.25) is 0 Å². The largest absolute Gasteiger partial charge is 0.496 e. The van der Waals surface area contributed by atoms with Gasteiger partial charge in [0, 0.05) is 11.6 Å². The molecule has 2 aromatic carbocycles. The SMILES string of the molecule is COc1cc2ccc(Cl)cc2cc1CCO. The van der Waals surface area contributed by atoms with Gasteiger partial charge < -0.3 is 9.84 Å². The topological polar surface area (TPSA) is 29.5 Å². The van der Waals surface area contributed by atoms with Crippen LogP contribution < -0.4 is 4.74 Å². The third kappa shape index (κ3) is 2.13. The second-order valence-corrected chi connectivity index (χ2v) is 4.07. The molecule has 0 atom stereocenters. The molecular formula is C13H13ClO2. The Hall–Kier alpha value is -1.25. The van der Waals surface area contributed by atoms with E-state index in [4.69, 9.17) is 21.4 Å². The zero-order valence-corrected chi connectivity index (χ0v) is 9.79. The Labute approximate surface area is 99.4 Å². The Morgan fingerprint density at radius 2 is 2.00 bits per heavy atom. The maximum atomic E-state index is 8.98. The summed E-state index contributed by atoms with van der Waals surface area (Å²) in [6.07, 6.45) is 0.589. The number of aliphatic hydroxyl groups excluding tert-OH is 1. The van der Waals surface area contributed by atoms with Crippen LogP contribution in [0.2, 0.25) is 5.02 Å². The third-order valence-corrected chi connectivity index (χ3v) is 2.82. The first-order chi connectivity index (χ1) is 7.74. The number of methoxy groups -OCH3 is 1. The molecule has 0 saturated heterocycles. The van der Waals surface area contributed by atoms with E-state index in [-0.39, 0.29) is 6.61 Å². The van der Waals surface area contributed by atoms with Crippen LogP contribution in [0.25, 0.3) is 10.8 Å². The molecule has 0 radical (unpaired) electrons. The molecule has 0 aliphatic rings. The highest BCUT2D eigenvalue weighted by molar-refractivity contribution is 6.31. The summed E-state index contributed by atoms with van der Waals surface area (Å²) < 4.78 is 5.29. The molecule has 3 heteroatoms. The highest BCUT2D eigenvalue weighted by Crippen LogP contribution is 2.28. The molecule has 0 heterocycles. The smallest absolute Gasteiger partial charge is 0.122 e. The highest BCUT2D eigenvalue weighted by atomic mass is 35.5. The molecule has 0 fully saturated rings. The summed E-state index contributed by atoms with van der Waals surface area (Å²) in [5.41, 5.74) is 1.000. The third-order valence-electron chi connectivity index (χ3n) is 2.58. The molecule has 1 N–H and O–H groups in total. The molecule has 0 aromatic heterocycles. The van der Waals surface area contributed by atoms with Crippen molar-refractivity contribution in [2.45, 2.75) is 6.42 Å². The van der Waals surface area contributed by atoms with Gasteiger partial charge in [-0.3, -0.25) is 0 Å². The molecule has 0 amide bonds. The summed E-state index contributed by atoms with van der Waals surface area (Å²) in [6, 6.07) is 9.71. The molecule has 16 heavy (non-hydrogen) atoms. The average molecular weight is 237 g/mol. The molecule has 2 nitrogen and oxygen atoms in total. The summed E-state index contributed by atoms with van der Waals surface area (Å²) in [7, 11) is 1.64. The lowest BCUT2D eigenvalue weighted by Gasteiger charge is -2.09. The molecule has 2 aromatic rings. The Bertz CT molecular complexity index is 509. The Morgan fingerprint density at radius 3 is 2.69 bits per heavy atom. The molecule has 0 aliphatic carbocycles. The maximum Gasteiger partial charge on any atom is 0.122 e. The second-order valence-electron chi connectivity index (χ2n) is 3.63. The van der Waals surface area contributed by atoms with Gasteiger partial charge in [-0.25, -0.2) is 0 Å². The van der Waals surface area contributed by atoms with Crippen molar-refractivity contribution in [3.8, 4) is 5.75 Å². The zero-order chi connectivity index (χ0) is 11.5. The highest BCUT2D eigenvalue weighted by Gasteiger charge is 2.05. The van der Waals surface area contributed by atoms with Crippen molar-refractivity contribution in [2.24, 2.45) is 0 Å². The van der Waals surface area contributed by atoms with Crippen molar-refractivity contribution in [3.05, 3.63) is 40.9 Å². The number of fused-ring (bicyclic) bond motifs is 1. The molecule has 0 unspecified atom stereocenters. The van der Waals surface area contributed by atoms with Crippen molar-refractivity contribution in [1.82, 2.24) is 0 Å². The summed E-state index contributed by atoms with van der Waals surface area (Å²) in [6.45, 7) is 0.114. The molecule has 0 saturated carbocycles. The van der Waals surface area contributed by atoms with E-state index in [0.29, 0.717) is 11.4 Å². The van der Waals surface area contributed by atoms with E-state index < -0.39 is 0 Å². The van der Waals surface area contributed by atoms with Crippen molar-refractivity contribution in [3.63, 3.8) is 0 Å². The Kier molecular flexibility index (Phi) is 3.32. The fourth-order valence-corrected chi connectivity index (χ4v) is 1.98. The summed E-state index contributed by atoms with van der Waals surface area (Å²) >= 11 is 5.94. The van der Waals surface area contributed by atoms with Crippen molar-refractivity contribution >= 4 is 22.4 Å². The zero-order valence-electron chi connectivity index (χ0n) is 9.03. The average Bonchev–Trinajstić information content (AvgIpc) is 2.28. The maximum absolute atomic E-state index is 8.98. The van der Waals surface area contributed by atoms with Crippen molar-refractivity contribution < 1.29 is 9.84 Å². The van der Waals surface area contributed by atoms with Gasteiger partial charge in [-0.15, -0.1) is 0 Å². The first kappa shape index (κ1) is 11.2. The van der Waals surface area contributed by atoms with Crippen LogP contribution in [-0.4, -0.2) is 18.8 Å². The Balaban J connectivity index is 2.60. The van der Waals surface area contributed by atoms with Crippen LogP contribution in [0.1, 0.15) is 5.56 Å². The van der Waals surface area contributed by atoms with E-state index >= 15 is 0 Å². The fourth-order valence-electron chi connectivity index (χ4n) is 1.80. The molecule has 0 spiro atoms. The number of hydrogen-bond donors (Lipinski definition) is 1. The van der Waals surface area contributed by atoms with E-state index in [1.807, 2.05) is 30.3 Å². The van der Waals surface area contributed by atoms with E-state index in [2.05, 4.69) is 0 Å². The van der Waals surface area contributed by atoms with Crippen LogP contribution in [0, 0.1) is 0 Å². The normalized spacial score (nSPS) is 10.7. The van der Waals surface area contributed by atoms with Gasteiger partial charge in [-0.1, -0.05) is 17.7 Å². The first-order valence-corrected chi connectivity index (χ1v) is 5.49.